The van der Waals surface area contributed by atoms with E-state index in [2.05, 4.69) is 16.5 Å². The topological polar surface area (TPSA) is 25.8 Å². The van der Waals surface area contributed by atoms with Crippen LogP contribution in [0.4, 0.5) is 0 Å². The lowest BCUT2D eigenvalue weighted by Crippen LogP contribution is -1.79. The predicted molar refractivity (Wildman–Crippen MR) is 64.8 cm³/mol. The van der Waals surface area contributed by atoms with Crippen molar-refractivity contribution >= 4 is 16.9 Å². The molecule has 0 aliphatic rings. The lowest BCUT2D eigenvalue weighted by molar-refractivity contribution is 1.24. The Hall–Kier alpha value is -1.48. The van der Waals surface area contributed by atoms with Crippen LogP contribution < -0.4 is 0 Å². The number of hydrogen-bond donors (Lipinski definition) is 0. The largest absolute Gasteiger partial charge is 0.264 e. The Balaban J connectivity index is 2.48. The summed E-state index contributed by atoms with van der Waals surface area (Å²) in [7, 11) is 0. The van der Waals surface area contributed by atoms with Crippen molar-refractivity contribution < 1.29 is 0 Å². The van der Waals surface area contributed by atoms with Gasteiger partial charge in [0.05, 0.1) is 10.6 Å². The fourth-order valence-corrected chi connectivity index (χ4v) is 2.39. The zero-order valence-electron chi connectivity index (χ0n) is 8.82. The first-order chi connectivity index (χ1) is 7.18. The van der Waals surface area contributed by atoms with Crippen LogP contribution in [0.15, 0.2) is 31.1 Å². The van der Waals surface area contributed by atoms with Gasteiger partial charge in [-0.1, -0.05) is 6.58 Å². The van der Waals surface area contributed by atoms with E-state index in [0.717, 1.165) is 21.8 Å². The molecule has 2 aromatic heterocycles. The molecule has 0 atom stereocenters. The van der Waals surface area contributed by atoms with Crippen molar-refractivity contribution in [1.82, 2.24) is 9.97 Å². The van der Waals surface area contributed by atoms with Crippen LogP contribution in [0.1, 0.15) is 17.5 Å². The summed E-state index contributed by atoms with van der Waals surface area (Å²) in [6.45, 7) is 7.97. The van der Waals surface area contributed by atoms with E-state index in [1.807, 2.05) is 32.2 Å². The number of hydrogen-bond acceptors (Lipinski definition) is 3. The molecule has 0 amide bonds. The molecule has 0 saturated heterocycles. The molecule has 0 N–H and O–H groups in total. The zero-order chi connectivity index (χ0) is 10.8. The number of aromatic nitrogens is 2. The highest BCUT2D eigenvalue weighted by molar-refractivity contribution is 7.16. The molecule has 2 aromatic rings. The molecule has 3 heteroatoms. The number of allylic oxidation sites excluding steroid dienone is 1. The molecule has 2 heterocycles. The van der Waals surface area contributed by atoms with Gasteiger partial charge in [0.25, 0.3) is 0 Å². The summed E-state index contributed by atoms with van der Waals surface area (Å²) in [6.07, 6.45) is 3.60. The monoisotopic (exact) mass is 216 g/mol. The summed E-state index contributed by atoms with van der Waals surface area (Å²) in [5, 5.41) is 1.01. The number of rotatable bonds is 2. The Kier molecular flexibility index (Phi) is 2.64. The fraction of sp³-hybridized carbons (Fsp3) is 0.167. The fourth-order valence-electron chi connectivity index (χ4n) is 1.41. The average Bonchev–Trinajstić information content (AvgIpc) is 2.62. The molecule has 0 aliphatic carbocycles. The van der Waals surface area contributed by atoms with Crippen LogP contribution in [0.2, 0.25) is 0 Å². The van der Waals surface area contributed by atoms with E-state index in [1.54, 1.807) is 17.5 Å². The van der Waals surface area contributed by atoms with Gasteiger partial charge in [0.15, 0.2) is 0 Å². The molecule has 0 aromatic carbocycles. The normalized spacial score (nSPS) is 10.3. The van der Waals surface area contributed by atoms with Gasteiger partial charge in [-0.2, -0.15) is 0 Å². The van der Waals surface area contributed by atoms with E-state index >= 15 is 0 Å². The van der Waals surface area contributed by atoms with Gasteiger partial charge < -0.3 is 0 Å². The number of nitrogens with zero attached hydrogens (tertiary/aromatic N) is 2. The van der Waals surface area contributed by atoms with Crippen LogP contribution >= 0.6 is 11.3 Å². The third-order valence-corrected chi connectivity index (χ3v) is 3.46. The Bertz CT molecular complexity index is 486. The molecule has 0 unspecified atom stereocenters. The lowest BCUT2D eigenvalue weighted by Gasteiger charge is -1.92. The molecule has 0 saturated carbocycles. The van der Waals surface area contributed by atoms with Crippen molar-refractivity contribution in [3.8, 4) is 10.6 Å². The predicted octanol–water partition coefficient (Wildman–Crippen LogP) is 3.55. The van der Waals surface area contributed by atoms with E-state index in [0.29, 0.717) is 0 Å². The van der Waals surface area contributed by atoms with Crippen LogP contribution in [0.3, 0.4) is 0 Å². The van der Waals surface area contributed by atoms with Gasteiger partial charge in [0, 0.05) is 18.0 Å². The van der Waals surface area contributed by atoms with Crippen LogP contribution in [-0.2, 0) is 0 Å². The van der Waals surface area contributed by atoms with Gasteiger partial charge in [-0.3, -0.25) is 4.98 Å². The van der Waals surface area contributed by atoms with E-state index in [1.165, 1.54) is 4.88 Å². The summed E-state index contributed by atoms with van der Waals surface area (Å²) in [4.78, 5) is 9.78. The summed E-state index contributed by atoms with van der Waals surface area (Å²) >= 11 is 1.67. The molecule has 2 rings (SSSR count). The summed E-state index contributed by atoms with van der Waals surface area (Å²) in [5.41, 5.74) is 3.18. The molecular weight excluding hydrogens is 204 g/mol. The first-order valence-corrected chi connectivity index (χ1v) is 5.54. The molecule has 0 radical (unpaired) electrons. The third-order valence-electron chi connectivity index (χ3n) is 2.09. The Morgan fingerprint density at radius 3 is 2.80 bits per heavy atom. The van der Waals surface area contributed by atoms with E-state index in [9.17, 15) is 0 Å². The van der Waals surface area contributed by atoms with E-state index in [4.69, 9.17) is 0 Å². The van der Waals surface area contributed by atoms with E-state index in [-0.39, 0.29) is 0 Å². The van der Waals surface area contributed by atoms with Crippen LogP contribution in [0.25, 0.3) is 16.1 Å². The second kappa shape index (κ2) is 3.95. The second-order valence-electron chi connectivity index (χ2n) is 3.46. The first kappa shape index (κ1) is 10.1. The minimum atomic E-state index is 1.01. The summed E-state index contributed by atoms with van der Waals surface area (Å²) in [5.74, 6) is 0. The third kappa shape index (κ3) is 1.97. The van der Waals surface area contributed by atoms with Crippen LogP contribution in [0.5, 0.6) is 0 Å². The van der Waals surface area contributed by atoms with Gasteiger partial charge in [-0.15, -0.1) is 11.3 Å². The minimum absolute atomic E-state index is 1.01. The van der Waals surface area contributed by atoms with Crippen LogP contribution in [0, 0.1) is 6.92 Å². The van der Waals surface area contributed by atoms with Crippen molar-refractivity contribution in [1.29, 1.82) is 0 Å². The molecule has 2 nitrogen and oxygen atoms in total. The van der Waals surface area contributed by atoms with Crippen molar-refractivity contribution in [3.05, 3.63) is 41.7 Å². The molecule has 0 bridgehead atoms. The number of thiazole rings is 1. The first-order valence-electron chi connectivity index (χ1n) is 4.72. The average molecular weight is 216 g/mol. The maximum absolute atomic E-state index is 4.52. The van der Waals surface area contributed by atoms with Gasteiger partial charge >= 0.3 is 0 Å². The maximum atomic E-state index is 4.52. The summed E-state index contributed by atoms with van der Waals surface area (Å²) < 4.78 is 0. The van der Waals surface area contributed by atoms with Gasteiger partial charge in [-0.05, 0) is 31.6 Å². The van der Waals surface area contributed by atoms with Crippen molar-refractivity contribution in [2.75, 3.05) is 0 Å². The molecule has 76 valence electrons. The molecule has 0 spiro atoms. The highest BCUT2D eigenvalue weighted by Crippen LogP contribution is 2.30. The summed E-state index contributed by atoms with van der Waals surface area (Å²) in [6, 6.07) is 3.94. The van der Waals surface area contributed by atoms with Gasteiger partial charge in [0.1, 0.15) is 5.01 Å². The highest BCUT2D eigenvalue weighted by atomic mass is 32.1. The van der Waals surface area contributed by atoms with Crippen molar-refractivity contribution in [2.24, 2.45) is 0 Å². The Morgan fingerprint density at radius 1 is 1.47 bits per heavy atom. The highest BCUT2D eigenvalue weighted by Gasteiger charge is 2.09. The zero-order valence-corrected chi connectivity index (χ0v) is 9.64. The molecule has 0 fully saturated rings. The quantitative estimate of drug-likeness (QED) is 0.767. The van der Waals surface area contributed by atoms with E-state index < -0.39 is 0 Å². The Morgan fingerprint density at radius 2 is 2.27 bits per heavy atom. The molecule has 0 aliphatic heterocycles. The second-order valence-corrected chi connectivity index (χ2v) is 4.45. The van der Waals surface area contributed by atoms with Crippen molar-refractivity contribution in [2.45, 2.75) is 13.8 Å². The van der Waals surface area contributed by atoms with Gasteiger partial charge in [-0.25, -0.2) is 4.98 Å². The Labute approximate surface area is 93.3 Å². The number of pyridine rings is 1. The van der Waals surface area contributed by atoms with Crippen molar-refractivity contribution in [3.63, 3.8) is 0 Å². The SMILES string of the molecule is C=C(C)c1sc(-c2cccnc2)nc1C. The molecular formula is C12H12N2S. The lowest BCUT2D eigenvalue weighted by atomic mass is 10.2. The smallest absolute Gasteiger partial charge is 0.125 e. The minimum Gasteiger partial charge on any atom is -0.264 e. The van der Waals surface area contributed by atoms with Gasteiger partial charge in [0.2, 0.25) is 0 Å². The maximum Gasteiger partial charge on any atom is 0.125 e. The van der Waals surface area contributed by atoms with Crippen LogP contribution in [-0.4, -0.2) is 9.97 Å². The standard InChI is InChI=1S/C12H12N2S/c1-8(2)11-9(3)14-12(15-11)10-5-4-6-13-7-10/h4-7H,1H2,2-3H3. The molecule has 15 heavy (non-hydrogen) atoms. The number of aryl methyl sites for hydroxylation is 1.